The molecular formula is C18H29N3O4Si. The average molecular weight is 380 g/mol. The van der Waals surface area contributed by atoms with Gasteiger partial charge in [0.05, 0.1) is 0 Å². The van der Waals surface area contributed by atoms with E-state index >= 15 is 0 Å². The topological polar surface area (TPSA) is 84.6 Å². The van der Waals surface area contributed by atoms with Crippen LogP contribution in [-0.2, 0) is 13.3 Å². The van der Waals surface area contributed by atoms with Crippen LogP contribution < -0.4 is 10.6 Å². The molecule has 2 aromatic rings. The Morgan fingerprint density at radius 2 is 1.77 bits per heavy atom. The molecule has 7 nitrogen and oxygen atoms in total. The predicted octanol–water partition coefficient (Wildman–Crippen LogP) is 3.73. The Hall–Kier alpha value is -1.87. The molecule has 2 rings (SSSR count). The summed E-state index contributed by atoms with van der Waals surface area (Å²) in [4.78, 5) is 15.2. The number of aromatic nitrogens is 1. The lowest BCUT2D eigenvalue weighted by Gasteiger charge is -2.28. The van der Waals surface area contributed by atoms with Crippen molar-refractivity contribution in [1.29, 1.82) is 0 Å². The van der Waals surface area contributed by atoms with Gasteiger partial charge in [-0.25, -0.2) is 4.79 Å². The summed E-state index contributed by atoms with van der Waals surface area (Å²) in [5, 5.41) is 6.78. The molecule has 8 heteroatoms. The Labute approximate surface area is 155 Å². The summed E-state index contributed by atoms with van der Waals surface area (Å²) >= 11 is 0. The number of amides is 2. The van der Waals surface area contributed by atoms with Gasteiger partial charge in [0.15, 0.2) is 0 Å². The number of fused-ring (bicyclic) bond motifs is 1. The third-order valence-corrected chi connectivity index (χ3v) is 7.00. The molecule has 1 aromatic heterocycles. The Morgan fingerprint density at radius 1 is 1.08 bits per heavy atom. The third kappa shape index (κ3) is 5.84. The van der Waals surface area contributed by atoms with Gasteiger partial charge in [-0.3, -0.25) is 0 Å². The lowest BCUT2D eigenvalue weighted by atomic mass is 10.2. The van der Waals surface area contributed by atoms with E-state index in [0.29, 0.717) is 32.4 Å². The SMILES string of the molecule is CCO[Si](CCCNC(=O)Nc1ccc2[nH]ccc2c1)(OCC)OCC. The molecule has 2 amide bonds. The van der Waals surface area contributed by atoms with Crippen LogP contribution in [0.2, 0.25) is 6.04 Å². The number of hydrogen-bond acceptors (Lipinski definition) is 4. The number of benzene rings is 1. The number of nitrogens with one attached hydrogen (secondary N) is 3. The van der Waals surface area contributed by atoms with Gasteiger partial charge in [0.1, 0.15) is 0 Å². The first kappa shape index (κ1) is 20.4. The molecule has 0 radical (unpaired) electrons. The van der Waals surface area contributed by atoms with Crippen LogP contribution in [0.25, 0.3) is 10.9 Å². The van der Waals surface area contributed by atoms with Gasteiger partial charge >= 0.3 is 14.8 Å². The summed E-state index contributed by atoms with van der Waals surface area (Å²) in [6, 6.07) is 8.17. The third-order valence-electron chi connectivity index (χ3n) is 3.85. The molecule has 0 saturated heterocycles. The second-order valence-corrected chi connectivity index (χ2v) is 8.48. The highest BCUT2D eigenvalue weighted by Crippen LogP contribution is 2.19. The van der Waals surface area contributed by atoms with Crippen molar-refractivity contribution in [1.82, 2.24) is 10.3 Å². The summed E-state index contributed by atoms with van der Waals surface area (Å²) in [5.74, 6) is 0. The Bertz CT molecular complexity index is 675. The number of carbonyl (C=O) groups excluding carboxylic acids is 1. The number of urea groups is 1. The van der Waals surface area contributed by atoms with Gasteiger partial charge in [0, 0.05) is 55.2 Å². The number of anilines is 1. The Morgan fingerprint density at radius 3 is 2.42 bits per heavy atom. The molecule has 0 aliphatic rings. The second-order valence-electron chi connectivity index (χ2n) is 5.75. The van der Waals surface area contributed by atoms with E-state index in [9.17, 15) is 4.79 Å². The highest BCUT2D eigenvalue weighted by molar-refractivity contribution is 6.60. The van der Waals surface area contributed by atoms with Gasteiger partial charge in [-0.1, -0.05) is 0 Å². The van der Waals surface area contributed by atoms with Crippen LogP contribution in [0.1, 0.15) is 27.2 Å². The summed E-state index contributed by atoms with van der Waals surface area (Å²) in [6.07, 6.45) is 2.61. The van der Waals surface area contributed by atoms with Crippen LogP contribution in [0, 0.1) is 0 Å². The van der Waals surface area contributed by atoms with Gasteiger partial charge < -0.3 is 28.9 Å². The molecule has 26 heavy (non-hydrogen) atoms. The molecule has 0 aliphatic carbocycles. The number of aromatic amines is 1. The molecule has 1 aromatic carbocycles. The summed E-state index contributed by atoms with van der Waals surface area (Å²) in [7, 11) is -2.64. The van der Waals surface area contributed by atoms with E-state index in [2.05, 4.69) is 15.6 Å². The maximum absolute atomic E-state index is 12.1. The lowest BCUT2D eigenvalue weighted by Crippen LogP contribution is -2.46. The number of rotatable bonds is 11. The van der Waals surface area contributed by atoms with Crippen molar-refractivity contribution >= 4 is 31.4 Å². The van der Waals surface area contributed by atoms with Crippen LogP contribution >= 0.6 is 0 Å². The zero-order valence-corrected chi connectivity index (χ0v) is 16.8. The van der Waals surface area contributed by atoms with E-state index in [-0.39, 0.29) is 6.03 Å². The summed E-state index contributed by atoms with van der Waals surface area (Å²) in [6.45, 7) is 8.01. The number of carbonyl (C=O) groups is 1. The standard InChI is InChI=1S/C18H29N3O4Si/c1-4-23-26(24-5-2,25-6-3)13-7-11-20-18(22)21-16-8-9-17-15(14-16)10-12-19-17/h8-10,12,14,19H,4-7,11,13H2,1-3H3,(H2,20,21,22). The molecule has 0 saturated carbocycles. The van der Waals surface area contributed by atoms with Gasteiger partial charge in [0.25, 0.3) is 0 Å². The van der Waals surface area contributed by atoms with Crippen molar-refractivity contribution in [2.75, 3.05) is 31.7 Å². The van der Waals surface area contributed by atoms with Gasteiger partial charge in [0.2, 0.25) is 0 Å². The molecule has 0 atom stereocenters. The summed E-state index contributed by atoms with van der Waals surface area (Å²) < 4.78 is 17.4. The van der Waals surface area contributed by atoms with Crippen molar-refractivity contribution in [2.45, 2.75) is 33.2 Å². The molecular weight excluding hydrogens is 350 g/mol. The minimum atomic E-state index is -2.64. The lowest BCUT2D eigenvalue weighted by molar-refractivity contribution is 0.0708. The van der Waals surface area contributed by atoms with E-state index in [1.165, 1.54) is 0 Å². The van der Waals surface area contributed by atoms with Gasteiger partial charge in [-0.15, -0.1) is 0 Å². The largest absolute Gasteiger partial charge is 0.500 e. The highest BCUT2D eigenvalue weighted by atomic mass is 28.4. The second kappa shape index (κ2) is 10.3. The van der Waals surface area contributed by atoms with Crippen molar-refractivity contribution in [2.24, 2.45) is 0 Å². The van der Waals surface area contributed by atoms with E-state index in [1.54, 1.807) is 0 Å². The minimum absolute atomic E-state index is 0.226. The van der Waals surface area contributed by atoms with E-state index in [0.717, 1.165) is 23.0 Å². The van der Waals surface area contributed by atoms with E-state index < -0.39 is 8.80 Å². The fraction of sp³-hybridized carbons (Fsp3) is 0.500. The zero-order chi connectivity index (χ0) is 18.8. The molecule has 0 bridgehead atoms. The molecule has 0 fully saturated rings. The summed E-state index contributed by atoms with van der Waals surface area (Å²) in [5.41, 5.74) is 1.80. The fourth-order valence-corrected chi connectivity index (χ4v) is 5.43. The maximum Gasteiger partial charge on any atom is 0.500 e. The molecule has 144 valence electrons. The van der Waals surface area contributed by atoms with Crippen molar-refractivity contribution in [3.63, 3.8) is 0 Å². The van der Waals surface area contributed by atoms with E-state index in [4.69, 9.17) is 13.3 Å². The molecule has 3 N–H and O–H groups in total. The molecule has 1 heterocycles. The zero-order valence-electron chi connectivity index (χ0n) is 15.8. The highest BCUT2D eigenvalue weighted by Gasteiger charge is 2.39. The van der Waals surface area contributed by atoms with Crippen LogP contribution in [0.4, 0.5) is 10.5 Å². The number of H-pyrrole nitrogens is 1. The van der Waals surface area contributed by atoms with Crippen molar-refractivity contribution in [3.8, 4) is 0 Å². The quantitative estimate of drug-likeness (QED) is 0.410. The van der Waals surface area contributed by atoms with Crippen LogP contribution in [-0.4, -0.2) is 46.2 Å². The fourth-order valence-electron chi connectivity index (χ4n) is 2.81. The van der Waals surface area contributed by atoms with Crippen LogP contribution in [0.5, 0.6) is 0 Å². The van der Waals surface area contributed by atoms with Crippen LogP contribution in [0.15, 0.2) is 30.5 Å². The minimum Gasteiger partial charge on any atom is -0.374 e. The maximum atomic E-state index is 12.1. The first-order valence-corrected chi connectivity index (χ1v) is 11.1. The first-order chi connectivity index (χ1) is 12.6. The molecule has 0 unspecified atom stereocenters. The Balaban J connectivity index is 1.78. The smallest absolute Gasteiger partial charge is 0.374 e. The first-order valence-electron chi connectivity index (χ1n) is 9.16. The van der Waals surface area contributed by atoms with Gasteiger partial charge in [-0.2, -0.15) is 0 Å². The predicted molar refractivity (Wildman–Crippen MR) is 105 cm³/mol. The monoisotopic (exact) mass is 379 g/mol. The molecule has 0 spiro atoms. The Kier molecular flexibility index (Phi) is 8.11. The van der Waals surface area contributed by atoms with Crippen molar-refractivity contribution < 1.29 is 18.1 Å². The van der Waals surface area contributed by atoms with Crippen LogP contribution in [0.3, 0.4) is 0 Å². The number of hydrogen-bond donors (Lipinski definition) is 3. The average Bonchev–Trinajstić information content (AvgIpc) is 3.07. The molecule has 0 aliphatic heterocycles. The normalized spacial score (nSPS) is 11.7. The van der Waals surface area contributed by atoms with Crippen molar-refractivity contribution in [3.05, 3.63) is 30.5 Å². The van der Waals surface area contributed by atoms with E-state index in [1.807, 2.05) is 51.2 Å². The van der Waals surface area contributed by atoms with Gasteiger partial charge in [-0.05, 0) is 51.5 Å².